The van der Waals surface area contributed by atoms with Crippen molar-refractivity contribution in [1.29, 1.82) is 0 Å². The van der Waals surface area contributed by atoms with Gasteiger partial charge in [0, 0.05) is 18.2 Å². The molecule has 0 saturated heterocycles. The smallest absolute Gasteiger partial charge is 0.292 e. The summed E-state index contributed by atoms with van der Waals surface area (Å²) < 4.78 is 5.44. The first-order chi connectivity index (χ1) is 9.11. The van der Waals surface area contributed by atoms with Gasteiger partial charge in [-0.2, -0.15) is 0 Å². The van der Waals surface area contributed by atoms with Crippen LogP contribution in [0.25, 0.3) is 0 Å². The number of halogens is 1. The molecule has 2 unspecified atom stereocenters. The molecule has 1 saturated carbocycles. The molecule has 0 radical (unpaired) electrons. The zero-order chi connectivity index (χ0) is 13.8. The third kappa shape index (κ3) is 3.36. The van der Waals surface area contributed by atoms with E-state index >= 15 is 0 Å². The van der Waals surface area contributed by atoms with Gasteiger partial charge in [0.05, 0.1) is 17.1 Å². The molecule has 6 heteroatoms. The van der Waals surface area contributed by atoms with Gasteiger partial charge >= 0.3 is 0 Å². The fourth-order valence-electron chi connectivity index (χ4n) is 2.53. The van der Waals surface area contributed by atoms with Gasteiger partial charge in [-0.25, -0.2) is 0 Å². The Bertz CT molecular complexity index is 467. The van der Waals surface area contributed by atoms with E-state index in [1.54, 1.807) is 13.2 Å². The van der Waals surface area contributed by atoms with Crippen LogP contribution in [0.2, 0.25) is 5.02 Å². The van der Waals surface area contributed by atoms with Gasteiger partial charge in [-0.1, -0.05) is 24.4 Å². The van der Waals surface area contributed by atoms with E-state index in [9.17, 15) is 10.1 Å². The second-order valence-electron chi connectivity index (χ2n) is 4.73. The van der Waals surface area contributed by atoms with Gasteiger partial charge in [-0.05, 0) is 25.0 Å². The van der Waals surface area contributed by atoms with Gasteiger partial charge in [-0.3, -0.25) is 10.1 Å². The fraction of sp³-hybridized carbons (Fsp3) is 0.538. The maximum absolute atomic E-state index is 11.0. The van der Waals surface area contributed by atoms with Crippen molar-refractivity contribution in [3.05, 3.63) is 33.3 Å². The summed E-state index contributed by atoms with van der Waals surface area (Å²) in [6.45, 7) is 0. The number of hydrogen-bond acceptors (Lipinski definition) is 4. The molecule has 2 rings (SSSR count). The number of hydrogen-bond donors (Lipinski definition) is 1. The molecule has 104 valence electrons. The van der Waals surface area contributed by atoms with Crippen LogP contribution in [-0.4, -0.2) is 24.2 Å². The van der Waals surface area contributed by atoms with E-state index in [1.807, 2.05) is 0 Å². The van der Waals surface area contributed by atoms with Crippen molar-refractivity contribution < 1.29 is 9.66 Å². The van der Waals surface area contributed by atoms with Gasteiger partial charge in [0.15, 0.2) is 0 Å². The Kier molecular flexibility index (Phi) is 4.61. The Balaban J connectivity index is 2.21. The molecular weight excluding hydrogens is 268 g/mol. The molecule has 1 aliphatic carbocycles. The molecule has 0 aliphatic heterocycles. The van der Waals surface area contributed by atoms with Crippen molar-refractivity contribution in [2.75, 3.05) is 12.4 Å². The van der Waals surface area contributed by atoms with Gasteiger partial charge < -0.3 is 10.1 Å². The number of benzene rings is 1. The summed E-state index contributed by atoms with van der Waals surface area (Å²) in [5.41, 5.74) is 0.510. The summed E-state index contributed by atoms with van der Waals surface area (Å²) in [6.07, 6.45) is 4.25. The zero-order valence-corrected chi connectivity index (χ0v) is 11.5. The SMILES string of the molecule is COC1CCCCC1Nc1cc(Cl)ccc1[N+](=O)[O-]. The second kappa shape index (κ2) is 6.21. The molecule has 1 aromatic rings. The van der Waals surface area contributed by atoms with Gasteiger partial charge in [-0.15, -0.1) is 0 Å². The van der Waals surface area contributed by atoms with Crippen molar-refractivity contribution in [1.82, 2.24) is 0 Å². The minimum atomic E-state index is -0.400. The maximum Gasteiger partial charge on any atom is 0.292 e. The Morgan fingerprint density at radius 2 is 2.16 bits per heavy atom. The summed E-state index contributed by atoms with van der Waals surface area (Å²) in [4.78, 5) is 10.6. The molecule has 0 spiro atoms. The van der Waals surface area contributed by atoms with E-state index in [2.05, 4.69) is 5.32 Å². The topological polar surface area (TPSA) is 64.4 Å². The minimum absolute atomic E-state index is 0.0461. The lowest BCUT2D eigenvalue weighted by Gasteiger charge is -2.31. The number of ether oxygens (including phenoxy) is 1. The number of nitro benzene ring substituents is 1. The van der Waals surface area contributed by atoms with Gasteiger partial charge in [0.25, 0.3) is 5.69 Å². The van der Waals surface area contributed by atoms with E-state index in [1.165, 1.54) is 12.1 Å². The first-order valence-corrected chi connectivity index (χ1v) is 6.73. The Morgan fingerprint density at radius 3 is 2.84 bits per heavy atom. The number of nitro groups is 1. The fourth-order valence-corrected chi connectivity index (χ4v) is 2.70. The third-order valence-electron chi connectivity index (χ3n) is 3.50. The van der Waals surface area contributed by atoms with Crippen molar-refractivity contribution in [3.63, 3.8) is 0 Å². The van der Waals surface area contributed by atoms with E-state index in [-0.39, 0.29) is 17.8 Å². The standard InChI is InChI=1S/C13H17ClN2O3/c1-19-13-5-3-2-4-10(13)15-11-8-9(14)6-7-12(11)16(17)18/h6-8,10,13,15H,2-5H2,1H3. The molecule has 1 aromatic carbocycles. The molecule has 1 aliphatic rings. The highest BCUT2D eigenvalue weighted by molar-refractivity contribution is 6.31. The van der Waals surface area contributed by atoms with Crippen LogP contribution >= 0.6 is 11.6 Å². The molecule has 0 aromatic heterocycles. The Morgan fingerprint density at radius 1 is 1.42 bits per heavy atom. The summed E-state index contributed by atoms with van der Waals surface area (Å²) in [5.74, 6) is 0. The molecule has 2 atom stereocenters. The van der Waals surface area contributed by atoms with E-state index in [0.717, 1.165) is 25.7 Å². The summed E-state index contributed by atoms with van der Waals surface area (Å²) in [7, 11) is 1.68. The van der Waals surface area contributed by atoms with Crippen molar-refractivity contribution >= 4 is 23.0 Å². The van der Waals surface area contributed by atoms with E-state index < -0.39 is 4.92 Å². The number of anilines is 1. The largest absolute Gasteiger partial charge is 0.379 e. The lowest BCUT2D eigenvalue weighted by molar-refractivity contribution is -0.384. The lowest BCUT2D eigenvalue weighted by Crippen LogP contribution is -2.37. The van der Waals surface area contributed by atoms with Crippen LogP contribution in [0.1, 0.15) is 25.7 Å². The lowest BCUT2D eigenvalue weighted by atomic mass is 9.92. The molecule has 5 nitrogen and oxygen atoms in total. The summed E-state index contributed by atoms with van der Waals surface area (Å²) in [5, 5.41) is 14.7. The quantitative estimate of drug-likeness (QED) is 0.677. The minimum Gasteiger partial charge on any atom is -0.379 e. The summed E-state index contributed by atoms with van der Waals surface area (Å²) in [6, 6.07) is 4.64. The number of nitrogens with one attached hydrogen (secondary N) is 1. The van der Waals surface area contributed by atoms with Crippen LogP contribution in [0.4, 0.5) is 11.4 Å². The maximum atomic E-state index is 11.0. The number of methoxy groups -OCH3 is 1. The molecular formula is C13H17ClN2O3. The molecule has 0 bridgehead atoms. The van der Waals surface area contributed by atoms with Crippen LogP contribution in [0.3, 0.4) is 0 Å². The normalized spacial score (nSPS) is 23.1. The molecule has 1 N–H and O–H groups in total. The highest BCUT2D eigenvalue weighted by atomic mass is 35.5. The average Bonchev–Trinajstić information content (AvgIpc) is 2.39. The Hall–Kier alpha value is -1.33. The first-order valence-electron chi connectivity index (χ1n) is 6.35. The van der Waals surface area contributed by atoms with Gasteiger partial charge in [0.2, 0.25) is 0 Å². The first kappa shape index (κ1) is 14.1. The molecule has 0 amide bonds. The zero-order valence-electron chi connectivity index (χ0n) is 10.8. The van der Waals surface area contributed by atoms with E-state index in [4.69, 9.17) is 16.3 Å². The van der Waals surface area contributed by atoms with Crippen LogP contribution in [-0.2, 0) is 4.74 Å². The third-order valence-corrected chi connectivity index (χ3v) is 3.74. The molecule has 0 heterocycles. The average molecular weight is 285 g/mol. The second-order valence-corrected chi connectivity index (χ2v) is 5.16. The number of rotatable bonds is 4. The highest BCUT2D eigenvalue weighted by Crippen LogP contribution is 2.31. The monoisotopic (exact) mass is 284 g/mol. The highest BCUT2D eigenvalue weighted by Gasteiger charge is 2.27. The van der Waals surface area contributed by atoms with Crippen LogP contribution in [0.15, 0.2) is 18.2 Å². The van der Waals surface area contributed by atoms with Gasteiger partial charge in [0.1, 0.15) is 5.69 Å². The van der Waals surface area contributed by atoms with Crippen LogP contribution in [0.5, 0.6) is 0 Å². The Labute approximate surface area is 117 Å². The van der Waals surface area contributed by atoms with E-state index in [0.29, 0.717) is 10.7 Å². The van der Waals surface area contributed by atoms with Crippen molar-refractivity contribution in [2.24, 2.45) is 0 Å². The molecule has 1 fully saturated rings. The predicted octanol–water partition coefficient (Wildman–Crippen LogP) is 3.62. The van der Waals surface area contributed by atoms with Crippen LogP contribution in [0, 0.1) is 10.1 Å². The van der Waals surface area contributed by atoms with Crippen molar-refractivity contribution in [3.8, 4) is 0 Å². The van der Waals surface area contributed by atoms with Crippen molar-refractivity contribution in [2.45, 2.75) is 37.8 Å². The van der Waals surface area contributed by atoms with Crippen LogP contribution < -0.4 is 5.32 Å². The number of nitrogens with zero attached hydrogens (tertiary/aromatic N) is 1. The predicted molar refractivity (Wildman–Crippen MR) is 74.8 cm³/mol. The summed E-state index contributed by atoms with van der Waals surface area (Å²) >= 11 is 5.92. The molecule has 19 heavy (non-hydrogen) atoms.